The van der Waals surface area contributed by atoms with Crippen LogP contribution in [0.15, 0.2) is 42.5 Å². The maximum Gasteiger partial charge on any atom is 0.373 e. The van der Waals surface area contributed by atoms with Crippen molar-refractivity contribution in [2.45, 2.75) is 20.0 Å². The second-order valence-corrected chi connectivity index (χ2v) is 4.91. The fraction of sp³-hybridized carbons (Fsp3) is 0.188. The zero-order valence-electron chi connectivity index (χ0n) is 11.3. The second kappa shape index (κ2) is 4.98. The van der Waals surface area contributed by atoms with Crippen LogP contribution in [0.2, 0.25) is 0 Å². The highest BCUT2D eigenvalue weighted by molar-refractivity contribution is 6.16. The van der Waals surface area contributed by atoms with Crippen molar-refractivity contribution in [2.24, 2.45) is 0 Å². The molecule has 0 saturated heterocycles. The Kier molecular flexibility index (Phi) is 3.16. The van der Waals surface area contributed by atoms with E-state index in [9.17, 15) is 4.79 Å². The maximum atomic E-state index is 12.1. The van der Waals surface area contributed by atoms with Crippen molar-refractivity contribution in [3.05, 3.63) is 48.0 Å². The summed E-state index contributed by atoms with van der Waals surface area (Å²) in [7, 11) is 0. The Morgan fingerprint density at radius 2 is 1.80 bits per heavy atom. The quantitative estimate of drug-likeness (QED) is 0.581. The number of aromatic amines is 1. The van der Waals surface area contributed by atoms with E-state index in [0.29, 0.717) is 5.56 Å². The monoisotopic (exact) mass is 269 g/mol. The lowest BCUT2D eigenvalue weighted by molar-refractivity contribution is -0.265. The Hall–Kier alpha value is -2.33. The van der Waals surface area contributed by atoms with E-state index in [0.717, 1.165) is 21.8 Å². The molecule has 3 aromatic rings. The number of hydrogen-bond donors (Lipinski definition) is 1. The van der Waals surface area contributed by atoms with E-state index in [1.807, 2.05) is 36.4 Å². The number of aromatic nitrogens is 1. The van der Waals surface area contributed by atoms with E-state index < -0.39 is 5.97 Å². The van der Waals surface area contributed by atoms with Gasteiger partial charge < -0.3 is 4.98 Å². The number of fused-ring (bicyclic) bond motifs is 3. The van der Waals surface area contributed by atoms with Crippen LogP contribution in [0.5, 0.6) is 0 Å². The molecule has 0 aliphatic heterocycles. The fourth-order valence-corrected chi connectivity index (χ4v) is 2.26. The number of carbonyl (C=O) groups excluding carboxylic acids is 1. The van der Waals surface area contributed by atoms with Gasteiger partial charge in [0.25, 0.3) is 0 Å². The van der Waals surface area contributed by atoms with Gasteiger partial charge in [0.2, 0.25) is 0 Å². The number of nitrogens with one attached hydrogen (secondary N) is 1. The van der Waals surface area contributed by atoms with Gasteiger partial charge in [-0.05, 0) is 32.0 Å². The first-order valence-electron chi connectivity index (χ1n) is 6.54. The third kappa shape index (κ3) is 2.14. The maximum absolute atomic E-state index is 12.1. The van der Waals surface area contributed by atoms with Crippen molar-refractivity contribution < 1.29 is 14.6 Å². The van der Waals surface area contributed by atoms with E-state index in [-0.39, 0.29) is 6.10 Å². The van der Waals surface area contributed by atoms with Gasteiger partial charge in [0.15, 0.2) is 0 Å². The van der Waals surface area contributed by atoms with Crippen LogP contribution < -0.4 is 0 Å². The molecule has 0 amide bonds. The third-order valence-corrected chi connectivity index (χ3v) is 3.07. The zero-order valence-corrected chi connectivity index (χ0v) is 11.3. The predicted molar refractivity (Wildman–Crippen MR) is 77.4 cm³/mol. The van der Waals surface area contributed by atoms with Gasteiger partial charge in [-0.15, -0.1) is 0 Å². The van der Waals surface area contributed by atoms with Gasteiger partial charge in [-0.1, -0.05) is 24.3 Å². The molecule has 3 rings (SSSR count). The Bertz CT molecular complexity index is 774. The molecule has 4 heteroatoms. The first-order valence-corrected chi connectivity index (χ1v) is 6.54. The van der Waals surface area contributed by atoms with Crippen LogP contribution in [0.4, 0.5) is 0 Å². The molecule has 0 spiro atoms. The number of benzene rings is 2. The minimum Gasteiger partial charge on any atom is -0.354 e. The molecule has 1 heterocycles. The van der Waals surface area contributed by atoms with Crippen molar-refractivity contribution in [2.75, 3.05) is 0 Å². The topological polar surface area (TPSA) is 51.3 Å². The van der Waals surface area contributed by atoms with Crippen LogP contribution in [-0.4, -0.2) is 17.1 Å². The molecule has 1 aromatic heterocycles. The average molecular weight is 269 g/mol. The van der Waals surface area contributed by atoms with Gasteiger partial charge in [0.1, 0.15) is 0 Å². The zero-order chi connectivity index (χ0) is 14.1. The minimum absolute atomic E-state index is 0.166. The van der Waals surface area contributed by atoms with E-state index in [1.54, 1.807) is 19.9 Å². The number of H-pyrrole nitrogens is 1. The SMILES string of the molecule is CC(C)OOC(=O)c1cccc2[nH]c3ccccc3c12. The van der Waals surface area contributed by atoms with Gasteiger partial charge in [0.05, 0.1) is 11.7 Å². The number of para-hydroxylation sites is 1. The summed E-state index contributed by atoms with van der Waals surface area (Å²) in [6, 6.07) is 13.4. The van der Waals surface area contributed by atoms with Crippen molar-refractivity contribution in [3.8, 4) is 0 Å². The first kappa shape index (κ1) is 12.7. The molecule has 0 saturated carbocycles. The fourth-order valence-electron chi connectivity index (χ4n) is 2.26. The Morgan fingerprint density at radius 1 is 1.05 bits per heavy atom. The Balaban J connectivity index is 2.13. The number of rotatable bonds is 3. The molecule has 0 radical (unpaired) electrons. The van der Waals surface area contributed by atoms with Gasteiger partial charge >= 0.3 is 5.97 Å². The lowest BCUT2D eigenvalue weighted by Gasteiger charge is -2.07. The summed E-state index contributed by atoms with van der Waals surface area (Å²) in [5, 5.41) is 1.86. The van der Waals surface area contributed by atoms with E-state index in [4.69, 9.17) is 9.78 Å². The molecule has 0 unspecified atom stereocenters. The summed E-state index contributed by atoms with van der Waals surface area (Å²) in [5.74, 6) is -0.478. The van der Waals surface area contributed by atoms with Gasteiger partial charge in [0, 0.05) is 21.8 Å². The van der Waals surface area contributed by atoms with Gasteiger partial charge in [-0.3, -0.25) is 4.89 Å². The van der Waals surface area contributed by atoms with Crippen LogP contribution in [0.3, 0.4) is 0 Å². The lowest BCUT2D eigenvalue weighted by atomic mass is 10.1. The highest BCUT2D eigenvalue weighted by atomic mass is 17.2. The summed E-state index contributed by atoms with van der Waals surface area (Å²) in [6.45, 7) is 3.61. The van der Waals surface area contributed by atoms with Crippen LogP contribution >= 0.6 is 0 Å². The van der Waals surface area contributed by atoms with E-state index >= 15 is 0 Å². The number of hydrogen-bond acceptors (Lipinski definition) is 3. The molecule has 0 atom stereocenters. The Labute approximate surface area is 116 Å². The highest BCUT2D eigenvalue weighted by Gasteiger charge is 2.16. The summed E-state index contributed by atoms with van der Waals surface area (Å²) in [4.78, 5) is 25.2. The van der Waals surface area contributed by atoms with Crippen LogP contribution in [0.25, 0.3) is 21.8 Å². The standard InChI is InChI=1S/C16H15NO3/c1-10(2)19-20-16(18)12-7-5-9-14-15(12)11-6-3-4-8-13(11)17-14/h3-10,17H,1-2H3. The molecule has 20 heavy (non-hydrogen) atoms. The largest absolute Gasteiger partial charge is 0.373 e. The summed E-state index contributed by atoms with van der Waals surface area (Å²) in [5.41, 5.74) is 2.40. The van der Waals surface area contributed by atoms with Gasteiger partial charge in [-0.25, -0.2) is 4.79 Å². The summed E-state index contributed by atoms with van der Waals surface area (Å²) < 4.78 is 0. The summed E-state index contributed by atoms with van der Waals surface area (Å²) >= 11 is 0. The molecular formula is C16H15NO3. The predicted octanol–water partition coefficient (Wildman–Crippen LogP) is 3.82. The molecule has 0 aliphatic carbocycles. The molecule has 1 N–H and O–H groups in total. The average Bonchev–Trinajstić information content (AvgIpc) is 2.83. The lowest BCUT2D eigenvalue weighted by Crippen LogP contribution is -2.10. The van der Waals surface area contributed by atoms with Crippen molar-refractivity contribution in [1.82, 2.24) is 4.98 Å². The molecule has 2 aromatic carbocycles. The molecule has 0 aliphatic rings. The normalized spacial score (nSPS) is 11.3. The van der Waals surface area contributed by atoms with E-state index in [2.05, 4.69) is 4.98 Å². The second-order valence-electron chi connectivity index (χ2n) is 4.91. The highest BCUT2D eigenvalue weighted by Crippen LogP contribution is 2.28. The van der Waals surface area contributed by atoms with Crippen molar-refractivity contribution in [1.29, 1.82) is 0 Å². The molecule has 0 fully saturated rings. The van der Waals surface area contributed by atoms with Crippen molar-refractivity contribution in [3.63, 3.8) is 0 Å². The number of carbonyl (C=O) groups is 1. The molecule has 102 valence electrons. The third-order valence-electron chi connectivity index (χ3n) is 3.07. The first-order chi connectivity index (χ1) is 9.66. The minimum atomic E-state index is -0.478. The van der Waals surface area contributed by atoms with Crippen LogP contribution in [0.1, 0.15) is 24.2 Å². The molecule has 4 nitrogen and oxygen atoms in total. The van der Waals surface area contributed by atoms with Crippen LogP contribution in [-0.2, 0) is 9.78 Å². The van der Waals surface area contributed by atoms with E-state index in [1.165, 1.54) is 0 Å². The molecular weight excluding hydrogens is 254 g/mol. The molecule has 0 bridgehead atoms. The van der Waals surface area contributed by atoms with Crippen LogP contribution in [0, 0.1) is 0 Å². The van der Waals surface area contributed by atoms with Crippen molar-refractivity contribution >= 4 is 27.8 Å². The smallest absolute Gasteiger partial charge is 0.354 e. The summed E-state index contributed by atoms with van der Waals surface area (Å²) in [6.07, 6.45) is -0.166. The van der Waals surface area contributed by atoms with Gasteiger partial charge in [-0.2, -0.15) is 4.89 Å². The Morgan fingerprint density at radius 3 is 2.60 bits per heavy atom.